The van der Waals surface area contributed by atoms with E-state index in [1.165, 1.54) is 32.4 Å². The Bertz CT molecular complexity index is 892. The lowest BCUT2D eigenvalue weighted by Gasteiger charge is -2.17. The zero-order valence-electron chi connectivity index (χ0n) is 14.8. The SMILES string of the molecule is COc1ccc(NC(=O)c2c(OC)cc(=O)n3c2CCCCC3)cc1F. The van der Waals surface area contributed by atoms with Crippen molar-refractivity contribution in [3.8, 4) is 11.5 Å². The third-order valence-corrected chi connectivity index (χ3v) is 4.53. The van der Waals surface area contributed by atoms with Crippen LogP contribution in [0.15, 0.2) is 29.1 Å². The first kappa shape index (κ1) is 18.0. The molecule has 0 atom stereocenters. The fourth-order valence-electron chi connectivity index (χ4n) is 3.26. The molecule has 1 aliphatic rings. The fourth-order valence-corrected chi connectivity index (χ4v) is 3.26. The molecule has 138 valence electrons. The normalized spacial score (nSPS) is 13.5. The predicted octanol–water partition coefficient (Wildman–Crippen LogP) is 2.98. The van der Waals surface area contributed by atoms with E-state index < -0.39 is 11.7 Å². The Morgan fingerprint density at radius 2 is 1.88 bits per heavy atom. The van der Waals surface area contributed by atoms with Crippen molar-refractivity contribution in [1.82, 2.24) is 4.57 Å². The van der Waals surface area contributed by atoms with Gasteiger partial charge in [0.15, 0.2) is 11.6 Å². The van der Waals surface area contributed by atoms with Crippen molar-refractivity contribution in [1.29, 1.82) is 0 Å². The van der Waals surface area contributed by atoms with Gasteiger partial charge >= 0.3 is 0 Å². The molecule has 0 radical (unpaired) electrons. The maximum atomic E-state index is 13.9. The van der Waals surface area contributed by atoms with E-state index in [4.69, 9.17) is 9.47 Å². The lowest BCUT2D eigenvalue weighted by molar-refractivity contribution is 0.102. The first-order chi connectivity index (χ1) is 12.5. The van der Waals surface area contributed by atoms with Crippen molar-refractivity contribution in [3.05, 3.63) is 51.7 Å². The highest BCUT2D eigenvalue weighted by Gasteiger charge is 2.23. The Hall–Kier alpha value is -2.83. The number of carbonyl (C=O) groups excluding carboxylic acids is 1. The first-order valence-corrected chi connectivity index (χ1v) is 8.50. The van der Waals surface area contributed by atoms with Gasteiger partial charge in [-0.2, -0.15) is 0 Å². The molecule has 1 aromatic carbocycles. The lowest BCUT2D eigenvalue weighted by atomic mass is 10.1. The molecule has 0 unspecified atom stereocenters. The summed E-state index contributed by atoms with van der Waals surface area (Å²) in [4.78, 5) is 25.2. The minimum absolute atomic E-state index is 0.0979. The Balaban J connectivity index is 2.01. The molecule has 0 saturated heterocycles. The summed E-state index contributed by atoms with van der Waals surface area (Å²) in [5.74, 6) is -0.673. The lowest BCUT2D eigenvalue weighted by Crippen LogP contribution is -2.27. The second kappa shape index (κ2) is 7.59. The zero-order valence-corrected chi connectivity index (χ0v) is 14.8. The van der Waals surface area contributed by atoms with Gasteiger partial charge < -0.3 is 19.4 Å². The molecule has 3 rings (SSSR count). The molecular weight excluding hydrogens is 339 g/mol. The number of hydrogen-bond donors (Lipinski definition) is 1. The Morgan fingerprint density at radius 1 is 1.12 bits per heavy atom. The Labute approximate surface area is 150 Å². The second-order valence-corrected chi connectivity index (χ2v) is 6.14. The van der Waals surface area contributed by atoms with Gasteiger partial charge in [-0.25, -0.2) is 4.39 Å². The van der Waals surface area contributed by atoms with Gasteiger partial charge in [0.25, 0.3) is 11.5 Å². The predicted molar refractivity (Wildman–Crippen MR) is 95.7 cm³/mol. The Morgan fingerprint density at radius 3 is 2.58 bits per heavy atom. The van der Waals surface area contributed by atoms with Crippen molar-refractivity contribution >= 4 is 11.6 Å². The van der Waals surface area contributed by atoms with Crippen LogP contribution in [-0.2, 0) is 13.0 Å². The van der Waals surface area contributed by atoms with Crippen LogP contribution in [0, 0.1) is 5.82 Å². The highest BCUT2D eigenvalue weighted by molar-refractivity contribution is 6.07. The zero-order chi connectivity index (χ0) is 18.7. The Kier molecular flexibility index (Phi) is 5.25. The molecule has 1 N–H and O–H groups in total. The van der Waals surface area contributed by atoms with E-state index in [1.54, 1.807) is 10.6 Å². The number of pyridine rings is 1. The molecule has 0 aliphatic carbocycles. The molecule has 0 fully saturated rings. The molecule has 2 aromatic rings. The molecule has 1 aliphatic heterocycles. The monoisotopic (exact) mass is 360 g/mol. The topological polar surface area (TPSA) is 69.6 Å². The van der Waals surface area contributed by atoms with E-state index >= 15 is 0 Å². The van der Waals surface area contributed by atoms with Gasteiger partial charge in [-0.1, -0.05) is 6.42 Å². The van der Waals surface area contributed by atoms with Crippen molar-refractivity contribution in [2.45, 2.75) is 32.2 Å². The van der Waals surface area contributed by atoms with E-state index in [0.717, 1.165) is 19.3 Å². The van der Waals surface area contributed by atoms with Gasteiger partial charge in [-0.05, 0) is 31.4 Å². The van der Waals surface area contributed by atoms with Crippen LogP contribution >= 0.6 is 0 Å². The summed E-state index contributed by atoms with van der Waals surface area (Å²) in [6.45, 7) is 0.579. The molecule has 26 heavy (non-hydrogen) atoms. The maximum Gasteiger partial charge on any atom is 0.261 e. The minimum Gasteiger partial charge on any atom is -0.496 e. The molecule has 1 amide bonds. The number of amides is 1. The van der Waals surface area contributed by atoms with Crippen LogP contribution < -0.4 is 20.3 Å². The number of methoxy groups -OCH3 is 2. The van der Waals surface area contributed by atoms with Crippen molar-refractivity contribution in [2.75, 3.05) is 19.5 Å². The maximum absolute atomic E-state index is 13.9. The number of rotatable bonds is 4. The van der Waals surface area contributed by atoms with E-state index in [0.29, 0.717) is 29.9 Å². The standard InChI is InChI=1S/C19H21FN2O4/c1-25-15-8-7-12(10-13(15)20)21-19(24)18-14-6-4-3-5-9-22(14)17(23)11-16(18)26-2/h7-8,10-11H,3-6,9H2,1-2H3,(H,21,24). The van der Waals surface area contributed by atoms with Gasteiger partial charge in [-0.3, -0.25) is 9.59 Å². The van der Waals surface area contributed by atoms with Crippen LogP contribution in [0.2, 0.25) is 0 Å². The molecule has 6 nitrogen and oxygen atoms in total. The van der Waals surface area contributed by atoms with Crippen LogP contribution in [0.3, 0.4) is 0 Å². The average molecular weight is 360 g/mol. The van der Waals surface area contributed by atoms with Crippen molar-refractivity contribution in [3.63, 3.8) is 0 Å². The number of anilines is 1. The summed E-state index contributed by atoms with van der Waals surface area (Å²) in [6, 6.07) is 5.52. The van der Waals surface area contributed by atoms with Crippen molar-refractivity contribution in [2.24, 2.45) is 0 Å². The van der Waals surface area contributed by atoms with E-state index in [-0.39, 0.29) is 17.1 Å². The first-order valence-electron chi connectivity index (χ1n) is 8.50. The highest BCUT2D eigenvalue weighted by Crippen LogP contribution is 2.27. The van der Waals surface area contributed by atoms with Crippen LogP contribution in [0.25, 0.3) is 0 Å². The van der Waals surface area contributed by atoms with Gasteiger partial charge in [0.05, 0.1) is 14.2 Å². The quantitative estimate of drug-likeness (QED) is 0.910. The summed E-state index contributed by atoms with van der Waals surface area (Å²) in [5.41, 5.74) is 1.11. The van der Waals surface area contributed by atoms with Gasteiger partial charge in [0, 0.05) is 30.1 Å². The van der Waals surface area contributed by atoms with E-state index in [2.05, 4.69) is 5.32 Å². The number of carbonyl (C=O) groups is 1. The van der Waals surface area contributed by atoms with Crippen LogP contribution in [0.4, 0.5) is 10.1 Å². The molecule has 2 heterocycles. The van der Waals surface area contributed by atoms with Gasteiger partial charge in [0.2, 0.25) is 0 Å². The van der Waals surface area contributed by atoms with E-state index in [1.807, 2.05) is 0 Å². The van der Waals surface area contributed by atoms with Crippen LogP contribution in [0.5, 0.6) is 11.5 Å². The third kappa shape index (κ3) is 3.42. The molecule has 7 heteroatoms. The number of ether oxygens (including phenoxy) is 2. The highest BCUT2D eigenvalue weighted by atomic mass is 19.1. The molecule has 1 aromatic heterocycles. The van der Waals surface area contributed by atoms with Crippen LogP contribution in [0.1, 0.15) is 35.3 Å². The number of aromatic nitrogens is 1. The number of nitrogens with one attached hydrogen (secondary N) is 1. The molecule has 0 saturated carbocycles. The van der Waals surface area contributed by atoms with Crippen LogP contribution in [-0.4, -0.2) is 24.7 Å². The second-order valence-electron chi connectivity index (χ2n) is 6.14. The third-order valence-electron chi connectivity index (χ3n) is 4.53. The molecule has 0 bridgehead atoms. The number of nitrogens with zero attached hydrogens (tertiary/aromatic N) is 1. The summed E-state index contributed by atoms with van der Waals surface area (Å²) >= 11 is 0. The number of hydrogen-bond acceptors (Lipinski definition) is 4. The largest absolute Gasteiger partial charge is 0.496 e. The van der Waals surface area contributed by atoms with Crippen molar-refractivity contribution < 1.29 is 18.7 Å². The number of halogens is 1. The summed E-state index contributed by atoms with van der Waals surface area (Å²) < 4.78 is 25.7. The van der Waals surface area contributed by atoms with Gasteiger partial charge in [0.1, 0.15) is 11.3 Å². The summed E-state index contributed by atoms with van der Waals surface area (Å²) in [7, 11) is 2.80. The molecule has 0 spiro atoms. The average Bonchev–Trinajstić information content (AvgIpc) is 2.88. The van der Waals surface area contributed by atoms with E-state index in [9.17, 15) is 14.0 Å². The number of benzene rings is 1. The summed E-state index contributed by atoms with van der Waals surface area (Å²) in [5, 5.41) is 2.69. The molecular formula is C19H21FN2O4. The number of fused-ring (bicyclic) bond motifs is 1. The van der Waals surface area contributed by atoms with Gasteiger partial charge in [-0.15, -0.1) is 0 Å². The smallest absolute Gasteiger partial charge is 0.261 e. The minimum atomic E-state index is -0.569. The fraction of sp³-hybridized carbons (Fsp3) is 0.368. The summed E-state index contributed by atoms with van der Waals surface area (Å²) in [6.07, 6.45) is 3.40.